The highest BCUT2D eigenvalue weighted by Gasteiger charge is 2.36. The fourth-order valence-electron chi connectivity index (χ4n) is 1.68. The molecule has 1 rings (SSSR count). The Morgan fingerprint density at radius 2 is 1.95 bits per heavy atom. The van der Waals surface area contributed by atoms with Crippen molar-refractivity contribution in [1.29, 1.82) is 0 Å². The largest absolute Gasteiger partial charge is 0.464 e. The van der Waals surface area contributed by atoms with Gasteiger partial charge in [-0.15, -0.1) is 0 Å². The van der Waals surface area contributed by atoms with E-state index < -0.39 is 22.7 Å². The predicted octanol–water partition coefficient (Wildman–Crippen LogP) is 2.27. The molecule has 1 N–H and O–H groups in total. The Labute approximate surface area is 122 Å². The topological polar surface area (TPSA) is 62.6 Å². The van der Waals surface area contributed by atoms with Gasteiger partial charge in [-0.3, -0.25) is 0 Å². The maximum atomic E-state index is 12.3. The number of hydrogen-bond donors (Lipinski definition) is 1. The van der Waals surface area contributed by atoms with Crippen LogP contribution in [0, 0.1) is 6.92 Å². The van der Waals surface area contributed by atoms with Crippen LogP contribution in [-0.4, -0.2) is 38.5 Å². The molecule has 0 bridgehead atoms. The van der Waals surface area contributed by atoms with Crippen molar-refractivity contribution in [2.45, 2.75) is 44.4 Å². The van der Waals surface area contributed by atoms with Gasteiger partial charge < -0.3 is 9.73 Å². The first kappa shape index (κ1) is 18.0. The number of sulfonamides is 1. The summed E-state index contributed by atoms with van der Waals surface area (Å²) in [7, 11) is -3.34. The van der Waals surface area contributed by atoms with Crippen molar-refractivity contribution in [1.82, 2.24) is 9.62 Å². The van der Waals surface area contributed by atoms with Crippen LogP contribution in [-0.2, 0) is 16.6 Å². The van der Waals surface area contributed by atoms with E-state index in [1.54, 1.807) is 0 Å². The molecule has 0 saturated heterocycles. The summed E-state index contributed by atoms with van der Waals surface area (Å²) in [6, 6.07) is 1.43. The Bertz CT molecular complexity index is 579. The SMILES string of the molecule is Cc1oc(CNC(C)C)cc1S(=O)(=O)N(C)CC(F)(F)F. The van der Waals surface area contributed by atoms with Crippen LogP contribution >= 0.6 is 0 Å². The van der Waals surface area contributed by atoms with Gasteiger partial charge in [0.1, 0.15) is 23.0 Å². The number of aryl methyl sites for hydroxylation is 1. The number of nitrogens with one attached hydrogen (secondary N) is 1. The van der Waals surface area contributed by atoms with Crippen LogP contribution in [0.25, 0.3) is 0 Å². The summed E-state index contributed by atoms with van der Waals surface area (Å²) >= 11 is 0. The van der Waals surface area contributed by atoms with Crippen molar-refractivity contribution in [2.75, 3.05) is 13.6 Å². The van der Waals surface area contributed by atoms with E-state index in [2.05, 4.69) is 5.32 Å². The predicted molar refractivity (Wildman–Crippen MR) is 71.3 cm³/mol. The lowest BCUT2D eigenvalue weighted by atomic mass is 10.3. The third kappa shape index (κ3) is 5.01. The highest BCUT2D eigenvalue weighted by molar-refractivity contribution is 7.89. The molecule has 0 aliphatic carbocycles. The molecule has 0 atom stereocenters. The lowest BCUT2D eigenvalue weighted by Gasteiger charge is -2.18. The zero-order valence-electron chi connectivity index (χ0n) is 12.3. The lowest BCUT2D eigenvalue weighted by Crippen LogP contribution is -2.35. The fraction of sp³-hybridized carbons (Fsp3) is 0.667. The van der Waals surface area contributed by atoms with Crippen molar-refractivity contribution in [3.05, 3.63) is 17.6 Å². The van der Waals surface area contributed by atoms with Gasteiger partial charge in [-0.25, -0.2) is 8.42 Å². The van der Waals surface area contributed by atoms with E-state index in [-0.39, 0.29) is 21.0 Å². The van der Waals surface area contributed by atoms with E-state index in [0.717, 1.165) is 7.05 Å². The first-order valence-electron chi connectivity index (χ1n) is 6.29. The van der Waals surface area contributed by atoms with Crippen molar-refractivity contribution in [3.8, 4) is 0 Å². The normalized spacial score (nSPS) is 13.4. The van der Waals surface area contributed by atoms with E-state index >= 15 is 0 Å². The maximum absolute atomic E-state index is 12.3. The lowest BCUT2D eigenvalue weighted by molar-refractivity contribution is -0.134. The summed E-state index contributed by atoms with van der Waals surface area (Å²) in [4.78, 5) is -0.241. The van der Waals surface area contributed by atoms with Gasteiger partial charge in [0.05, 0.1) is 6.54 Å². The summed E-state index contributed by atoms with van der Waals surface area (Å²) < 4.78 is 66.8. The third-order valence-electron chi connectivity index (χ3n) is 2.70. The second-order valence-corrected chi connectivity index (χ2v) is 7.06. The van der Waals surface area contributed by atoms with Crippen LogP contribution in [0.3, 0.4) is 0 Å². The second-order valence-electron chi connectivity index (χ2n) is 5.05. The highest BCUT2D eigenvalue weighted by Crippen LogP contribution is 2.25. The summed E-state index contributed by atoms with van der Waals surface area (Å²) in [5, 5.41) is 3.04. The van der Waals surface area contributed by atoms with Crippen LogP contribution in [0.4, 0.5) is 13.2 Å². The molecule has 1 aromatic heterocycles. The van der Waals surface area contributed by atoms with Crippen molar-refractivity contribution >= 4 is 10.0 Å². The Balaban J connectivity index is 2.98. The summed E-state index contributed by atoms with van der Waals surface area (Å²) in [5.74, 6) is 0.435. The summed E-state index contributed by atoms with van der Waals surface area (Å²) in [6.45, 7) is 3.98. The smallest absolute Gasteiger partial charge is 0.402 e. The van der Waals surface area contributed by atoms with Gasteiger partial charge in [0.25, 0.3) is 0 Å². The molecule has 21 heavy (non-hydrogen) atoms. The monoisotopic (exact) mass is 328 g/mol. The van der Waals surface area contributed by atoms with E-state index in [4.69, 9.17) is 4.42 Å². The fourth-order valence-corrected chi connectivity index (χ4v) is 3.01. The van der Waals surface area contributed by atoms with Crippen LogP contribution in [0.15, 0.2) is 15.4 Å². The molecule has 0 radical (unpaired) electrons. The number of furan rings is 1. The van der Waals surface area contributed by atoms with Crippen LogP contribution in [0.5, 0.6) is 0 Å². The average Bonchev–Trinajstić information content (AvgIpc) is 2.66. The molecule has 1 aromatic rings. The minimum atomic E-state index is -4.60. The quantitative estimate of drug-likeness (QED) is 0.870. The Morgan fingerprint density at radius 3 is 2.43 bits per heavy atom. The molecule has 0 aliphatic rings. The number of hydrogen-bond acceptors (Lipinski definition) is 4. The Morgan fingerprint density at radius 1 is 1.38 bits per heavy atom. The zero-order chi connectivity index (χ0) is 16.4. The van der Waals surface area contributed by atoms with E-state index in [1.807, 2.05) is 13.8 Å². The molecule has 9 heteroatoms. The second kappa shape index (κ2) is 6.37. The first-order valence-corrected chi connectivity index (χ1v) is 7.73. The van der Waals surface area contributed by atoms with Gasteiger partial charge in [0, 0.05) is 19.2 Å². The number of alkyl halides is 3. The molecule has 0 aliphatic heterocycles. The van der Waals surface area contributed by atoms with E-state index in [1.165, 1.54) is 13.0 Å². The maximum Gasteiger partial charge on any atom is 0.402 e. The molecule has 0 fully saturated rings. The van der Waals surface area contributed by atoms with Crippen molar-refractivity contribution in [3.63, 3.8) is 0 Å². The highest BCUT2D eigenvalue weighted by atomic mass is 32.2. The summed E-state index contributed by atoms with van der Waals surface area (Å²) in [5.41, 5.74) is 0. The number of rotatable bonds is 6. The molecule has 1 heterocycles. The van der Waals surface area contributed by atoms with E-state index in [0.29, 0.717) is 12.3 Å². The molecule has 0 spiro atoms. The van der Waals surface area contributed by atoms with Crippen molar-refractivity contribution < 1.29 is 26.0 Å². The Hall–Kier alpha value is -1.06. The van der Waals surface area contributed by atoms with Crippen molar-refractivity contribution in [2.24, 2.45) is 0 Å². The molecular formula is C12H19F3N2O3S. The van der Waals surface area contributed by atoms with Crippen LogP contribution in [0.2, 0.25) is 0 Å². The minimum Gasteiger partial charge on any atom is -0.464 e. The van der Waals surface area contributed by atoms with Gasteiger partial charge in [-0.05, 0) is 6.92 Å². The zero-order valence-corrected chi connectivity index (χ0v) is 13.1. The molecule has 0 amide bonds. The third-order valence-corrected chi connectivity index (χ3v) is 4.61. The van der Waals surface area contributed by atoms with Gasteiger partial charge in [-0.2, -0.15) is 17.5 Å². The van der Waals surface area contributed by atoms with E-state index in [9.17, 15) is 21.6 Å². The minimum absolute atomic E-state index is 0.0737. The molecule has 0 saturated carbocycles. The molecule has 5 nitrogen and oxygen atoms in total. The molecule has 122 valence electrons. The Kier molecular flexibility index (Phi) is 5.46. The number of nitrogens with zero attached hydrogens (tertiary/aromatic N) is 1. The average molecular weight is 328 g/mol. The van der Waals surface area contributed by atoms with Crippen LogP contribution < -0.4 is 5.32 Å². The van der Waals surface area contributed by atoms with Crippen LogP contribution in [0.1, 0.15) is 25.4 Å². The summed E-state index contributed by atoms with van der Waals surface area (Å²) in [6.07, 6.45) is -4.60. The molecule has 0 aromatic carbocycles. The van der Waals surface area contributed by atoms with Gasteiger partial charge in [0.2, 0.25) is 10.0 Å². The first-order chi connectivity index (χ1) is 9.43. The standard InChI is InChI=1S/C12H19F3N2O3S/c1-8(2)16-6-10-5-11(9(3)20-10)21(18,19)17(4)7-12(13,14)15/h5,8,16H,6-7H2,1-4H3. The van der Waals surface area contributed by atoms with Gasteiger partial charge >= 0.3 is 6.18 Å². The van der Waals surface area contributed by atoms with Gasteiger partial charge in [-0.1, -0.05) is 13.8 Å². The number of halogens is 3. The molecular weight excluding hydrogens is 309 g/mol. The molecule has 0 unspecified atom stereocenters. The van der Waals surface area contributed by atoms with Gasteiger partial charge in [0.15, 0.2) is 0 Å².